The fourth-order valence-corrected chi connectivity index (χ4v) is 9.68. The number of rotatable bonds is 12. The molecule has 70 heavy (non-hydrogen) atoms. The molecule has 2 aliphatic heterocycles. The molecule has 0 unspecified atom stereocenters. The number of hydrogen-bond acceptors (Lipinski definition) is 10. The maximum absolute atomic E-state index is 13.8. The molecule has 1 atom stereocenters. The number of fused-ring (bicyclic) bond motifs is 2. The summed E-state index contributed by atoms with van der Waals surface area (Å²) in [7, 11) is 2.60. The van der Waals surface area contributed by atoms with E-state index in [-0.39, 0.29) is 43.2 Å². The number of carbonyl (C=O) groups is 3. The summed E-state index contributed by atoms with van der Waals surface area (Å²) in [6.07, 6.45) is -8.58. The van der Waals surface area contributed by atoms with E-state index in [0.717, 1.165) is 40.5 Å². The van der Waals surface area contributed by atoms with Crippen LogP contribution in [0.15, 0.2) is 109 Å². The number of benzene rings is 4. The number of nitrogens with one attached hydrogen (secondary N) is 1. The van der Waals surface area contributed by atoms with Crippen LogP contribution in [-0.4, -0.2) is 61.8 Å². The average molecular weight is 1030 g/mol. The van der Waals surface area contributed by atoms with Crippen molar-refractivity contribution >= 4 is 64.4 Å². The highest BCUT2D eigenvalue weighted by Gasteiger charge is 2.39. The standard InChI is InChI=1S/C31H33F3N2O6S.C20H16F3NOS.ClH/c1-30(2,3)42-29(39)35(4)25(17-26(37)40-5)28(38)36-14-13-20-15-21(11-12-24(20)36)41-18-22-16-23(19-9-7-6-8-10-19)27(43-22)31(32,33)34;21-20(22,23)19-17(13-4-2-1-3-5-13)11-16(26-19)12-25-15-6-7-18-14(10-15)8-9-24-18;/h6-12,15-16,25H,13-14,17-18H2,1-5H3;1-7,10-11,24H,8-9,12H2;1H/t25-;;/m1../s1. The van der Waals surface area contributed by atoms with E-state index in [4.69, 9.17) is 18.9 Å². The molecule has 372 valence electrons. The lowest BCUT2D eigenvalue weighted by molar-refractivity contribution is -0.144. The van der Waals surface area contributed by atoms with Gasteiger partial charge in [-0.05, 0) is 104 Å². The first-order valence-corrected chi connectivity index (χ1v) is 23.4. The van der Waals surface area contributed by atoms with Crippen LogP contribution in [0.2, 0.25) is 0 Å². The Bertz CT molecular complexity index is 2780. The van der Waals surface area contributed by atoms with Crippen LogP contribution in [-0.2, 0) is 57.5 Å². The molecule has 0 aliphatic carbocycles. The minimum Gasteiger partial charge on any atom is -0.488 e. The van der Waals surface area contributed by atoms with Gasteiger partial charge in [0, 0.05) is 52.4 Å². The fourth-order valence-electron chi connectivity index (χ4n) is 7.76. The molecule has 6 aromatic rings. The third-order valence-electron chi connectivity index (χ3n) is 11.0. The van der Waals surface area contributed by atoms with Crippen LogP contribution in [0, 0.1) is 0 Å². The minimum absolute atomic E-state index is 0. The molecule has 10 nitrogen and oxygen atoms in total. The largest absolute Gasteiger partial charge is 0.488 e. The number of likely N-dealkylation sites (N-methyl/N-ethyl adjacent to an activating group) is 1. The third-order valence-corrected chi connectivity index (χ3v) is 13.3. The zero-order valence-corrected chi connectivity index (χ0v) is 41.1. The molecular formula is C51H50ClF6N3O7S2. The van der Waals surface area contributed by atoms with Crippen LogP contribution in [0.4, 0.5) is 42.5 Å². The van der Waals surface area contributed by atoms with E-state index in [9.17, 15) is 40.7 Å². The second kappa shape index (κ2) is 22.2. The molecule has 1 N–H and O–H groups in total. The van der Waals surface area contributed by atoms with E-state index in [1.165, 1.54) is 30.7 Å². The number of halogens is 7. The Hall–Kier alpha value is -6.24. The summed E-state index contributed by atoms with van der Waals surface area (Å²) in [5, 5.41) is 3.27. The van der Waals surface area contributed by atoms with Crippen molar-refractivity contribution in [1.29, 1.82) is 0 Å². The molecule has 0 radical (unpaired) electrons. The Morgan fingerprint density at radius 1 is 0.714 bits per heavy atom. The Labute approximate surface area is 415 Å². The van der Waals surface area contributed by atoms with Gasteiger partial charge in [-0.1, -0.05) is 60.7 Å². The maximum atomic E-state index is 13.8. The van der Waals surface area contributed by atoms with Crippen LogP contribution in [0.5, 0.6) is 11.5 Å². The second-order valence-corrected chi connectivity index (χ2v) is 19.4. The molecule has 4 aromatic carbocycles. The lowest BCUT2D eigenvalue weighted by Crippen LogP contribution is -2.51. The number of hydrogen-bond donors (Lipinski definition) is 1. The molecule has 0 fully saturated rings. The summed E-state index contributed by atoms with van der Waals surface area (Å²) in [6.45, 7) is 6.35. The van der Waals surface area contributed by atoms with Crippen molar-refractivity contribution in [2.75, 3.05) is 37.5 Å². The Kier molecular flexibility index (Phi) is 16.9. The molecule has 0 saturated heterocycles. The minimum atomic E-state index is -4.50. The summed E-state index contributed by atoms with van der Waals surface area (Å²) in [4.78, 5) is 40.8. The highest BCUT2D eigenvalue weighted by Crippen LogP contribution is 2.45. The number of amides is 2. The summed E-state index contributed by atoms with van der Waals surface area (Å²) < 4.78 is 103. The SMILES string of the molecule is COC(=O)C[C@H](C(=O)N1CCc2cc(OCc3cc(-c4ccccc4)c(C(F)(F)F)s3)ccc21)N(C)C(=O)OC(C)(C)C.Cl.FC(F)(F)c1sc(COc2ccc3c(c2)CCN3)cc1-c1ccccc1. The molecule has 4 heterocycles. The van der Waals surface area contributed by atoms with Crippen LogP contribution >= 0.6 is 35.1 Å². The monoisotopic (exact) mass is 1030 g/mol. The van der Waals surface area contributed by atoms with Crippen molar-refractivity contribution in [1.82, 2.24) is 4.90 Å². The molecule has 2 aromatic heterocycles. The number of esters is 1. The van der Waals surface area contributed by atoms with Crippen molar-refractivity contribution in [3.05, 3.63) is 140 Å². The van der Waals surface area contributed by atoms with Crippen molar-refractivity contribution in [2.24, 2.45) is 0 Å². The predicted octanol–water partition coefficient (Wildman–Crippen LogP) is 13.1. The fraction of sp³-hybridized carbons (Fsp3) is 0.314. The number of ether oxygens (including phenoxy) is 4. The topological polar surface area (TPSA) is 107 Å². The van der Waals surface area contributed by atoms with Crippen LogP contribution in [0.3, 0.4) is 0 Å². The number of anilines is 2. The quantitative estimate of drug-likeness (QED) is 0.0954. The summed E-state index contributed by atoms with van der Waals surface area (Å²) in [6, 6.07) is 29.8. The van der Waals surface area contributed by atoms with Crippen LogP contribution in [0.25, 0.3) is 22.3 Å². The number of carbonyl (C=O) groups excluding carboxylic acids is 3. The van der Waals surface area contributed by atoms with Gasteiger partial charge in [0.15, 0.2) is 0 Å². The average Bonchev–Trinajstić information content (AvgIpc) is 4.14. The van der Waals surface area contributed by atoms with Crippen molar-refractivity contribution in [3.8, 4) is 33.8 Å². The highest BCUT2D eigenvalue weighted by atomic mass is 35.5. The van der Waals surface area contributed by atoms with E-state index >= 15 is 0 Å². The lowest BCUT2D eigenvalue weighted by atomic mass is 10.1. The maximum Gasteiger partial charge on any atom is 0.426 e. The van der Waals surface area contributed by atoms with Gasteiger partial charge in [-0.3, -0.25) is 14.5 Å². The first kappa shape index (κ1) is 53.1. The number of nitrogens with zero attached hydrogens (tertiary/aromatic N) is 2. The first-order valence-electron chi connectivity index (χ1n) is 21.8. The van der Waals surface area contributed by atoms with Crippen LogP contribution < -0.4 is 19.7 Å². The Balaban J connectivity index is 0.000000253. The molecule has 2 amide bonds. The van der Waals surface area contributed by atoms with Gasteiger partial charge in [0.1, 0.15) is 46.1 Å². The van der Waals surface area contributed by atoms with Crippen LogP contribution in [0.1, 0.15) is 57.8 Å². The van der Waals surface area contributed by atoms with Gasteiger partial charge in [-0.25, -0.2) is 4.79 Å². The molecule has 2 aliphatic rings. The summed E-state index contributed by atoms with van der Waals surface area (Å²) in [5.41, 5.74) is 4.20. The molecule has 0 bridgehead atoms. The zero-order valence-electron chi connectivity index (χ0n) is 38.7. The molecule has 0 saturated carbocycles. The lowest BCUT2D eigenvalue weighted by Gasteiger charge is -2.32. The molecule has 8 rings (SSSR count). The Morgan fingerprint density at radius 3 is 1.73 bits per heavy atom. The summed E-state index contributed by atoms with van der Waals surface area (Å²) in [5.74, 6) is -0.0172. The summed E-state index contributed by atoms with van der Waals surface area (Å²) >= 11 is 1.39. The van der Waals surface area contributed by atoms with Gasteiger partial charge in [0.05, 0.1) is 13.5 Å². The molecule has 0 spiro atoms. The molecule has 19 heteroatoms. The second-order valence-electron chi connectivity index (χ2n) is 17.1. The first-order chi connectivity index (χ1) is 32.7. The third kappa shape index (κ3) is 13.1. The van der Waals surface area contributed by atoms with E-state index in [2.05, 4.69) is 5.32 Å². The number of methoxy groups -OCH3 is 1. The Morgan fingerprint density at radius 2 is 1.23 bits per heavy atom. The van der Waals surface area contributed by atoms with Gasteiger partial charge in [-0.15, -0.1) is 35.1 Å². The van der Waals surface area contributed by atoms with Crippen molar-refractivity contribution in [2.45, 2.75) is 77.2 Å². The van der Waals surface area contributed by atoms with Gasteiger partial charge in [0.25, 0.3) is 5.91 Å². The van der Waals surface area contributed by atoms with Gasteiger partial charge in [0.2, 0.25) is 0 Å². The van der Waals surface area contributed by atoms with Gasteiger partial charge < -0.3 is 29.2 Å². The van der Waals surface area contributed by atoms with Crippen molar-refractivity contribution < 1.29 is 59.7 Å². The molecular weight excluding hydrogens is 980 g/mol. The number of alkyl halides is 6. The van der Waals surface area contributed by atoms with Gasteiger partial charge >= 0.3 is 24.4 Å². The smallest absolute Gasteiger partial charge is 0.426 e. The van der Waals surface area contributed by atoms with E-state index in [0.29, 0.717) is 62.4 Å². The van der Waals surface area contributed by atoms with Crippen molar-refractivity contribution in [3.63, 3.8) is 0 Å². The van der Waals surface area contributed by atoms with Gasteiger partial charge in [-0.2, -0.15) is 26.3 Å². The normalized spacial score (nSPS) is 13.4. The predicted molar refractivity (Wildman–Crippen MR) is 261 cm³/mol. The highest BCUT2D eigenvalue weighted by molar-refractivity contribution is 7.13. The van der Waals surface area contributed by atoms with E-state index < -0.39 is 51.7 Å². The van der Waals surface area contributed by atoms with E-state index in [1.54, 1.807) is 106 Å². The number of thiophene rings is 2. The zero-order chi connectivity index (χ0) is 49.7. The van der Waals surface area contributed by atoms with E-state index in [1.807, 2.05) is 18.2 Å².